The molecule has 0 atom stereocenters. The van der Waals surface area contributed by atoms with Gasteiger partial charge in [0.25, 0.3) is 10.1 Å². The summed E-state index contributed by atoms with van der Waals surface area (Å²) in [6.07, 6.45) is 2.06. The lowest BCUT2D eigenvalue weighted by Gasteiger charge is -2.29. The number of carbonyl (C=O) groups is 1. The molecule has 0 bridgehead atoms. The molecular formula is C13H26NO5S+. The lowest BCUT2D eigenvalue weighted by molar-refractivity contribution is -0.890. The highest BCUT2D eigenvalue weighted by Crippen LogP contribution is 2.05. The molecule has 6 nitrogen and oxygen atoms in total. The first-order chi connectivity index (χ1) is 9.03. The van der Waals surface area contributed by atoms with Gasteiger partial charge in [0.15, 0.2) is 0 Å². The Kier molecular flexibility index (Phi) is 8.00. The van der Waals surface area contributed by atoms with E-state index in [-0.39, 0.29) is 11.7 Å². The Morgan fingerprint density at radius 2 is 1.80 bits per heavy atom. The van der Waals surface area contributed by atoms with Crippen LogP contribution >= 0.6 is 0 Å². The smallest absolute Gasteiger partial charge is 0.333 e. The molecule has 0 spiro atoms. The molecular weight excluding hydrogens is 282 g/mol. The number of esters is 1. The maximum atomic E-state index is 11.2. The van der Waals surface area contributed by atoms with Gasteiger partial charge in [-0.05, 0) is 26.2 Å². The third-order valence-corrected chi connectivity index (χ3v) is 3.75. The van der Waals surface area contributed by atoms with Crippen LogP contribution in [0, 0.1) is 0 Å². The summed E-state index contributed by atoms with van der Waals surface area (Å²) in [5.74, 6) is -0.561. The minimum absolute atomic E-state index is 0.184. The number of quaternary nitrogens is 1. The Morgan fingerprint density at radius 3 is 2.30 bits per heavy atom. The predicted octanol–water partition coefficient (Wildman–Crippen LogP) is 1.24. The topological polar surface area (TPSA) is 80.7 Å². The zero-order chi connectivity index (χ0) is 15.8. The summed E-state index contributed by atoms with van der Waals surface area (Å²) in [5, 5.41) is 0. The summed E-state index contributed by atoms with van der Waals surface area (Å²) in [7, 11) is 0.208. The van der Waals surface area contributed by atoms with Crippen LogP contribution in [0.3, 0.4) is 0 Å². The normalized spacial score (nSPS) is 12.2. The number of hydrogen-bond acceptors (Lipinski definition) is 4. The van der Waals surface area contributed by atoms with Crippen LogP contribution in [0.1, 0.15) is 26.2 Å². The van der Waals surface area contributed by atoms with Crippen LogP contribution in [0.15, 0.2) is 12.2 Å². The molecule has 0 rings (SSSR count). The molecule has 0 radical (unpaired) electrons. The Hall–Kier alpha value is -0.920. The molecule has 118 valence electrons. The quantitative estimate of drug-likeness (QED) is 0.216. The van der Waals surface area contributed by atoms with E-state index >= 15 is 0 Å². The molecule has 0 saturated carbocycles. The van der Waals surface area contributed by atoms with Gasteiger partial charge >= 0.3 is 5.97 Å². The van der Waals surface area contributed by atoms with E-state index in [0.717, 1.165) is 19.4 Å². The average Bonchev–Trinajstić information content (AvgIpc) is 2.26. The molecule has 1 N–H and O–H groups in total. The van der Waals surface area contributed by atoms with E-state index in [1.54, 1.807) is 6.92 Å². The second-order valence-electron chi connectivity index (χ2n) is 5.65. The van der Waals surface area contributed by atoms with Crippen molar-refractivity contribution >= 4 is 16.1 Å². The van der Waals surface area contributed by atoms with Crippen LogP contribution < -0.4 is 0 Å². The number of ether oxygens (including phenoxy) is 1. The SMILES string of the molecule is C=C(C)C(=O)OCC[N+](C)(C)CCCCCS(=O)(=O)O. The zero-order valence-electron chi connectivity index (χ0n) is 12.6. The summed E-state index contributed by atoms with van der Waals surface area (Å²) >= 11 is 0. The Bertz CT molecular complexity index is 428. The van der Waals surface area contributed by atoms with Gasteiger partial charge in [-0.15, -0.1) is 0 Å². The van der Waals surface area contributed by atoms with Crippen molar-refractivity contribution in [3.63, 3.8) is 0 Å². The third kappa shape index (κ3) is 11.0. The van der Waals surface area contributed by atoms with Crippen molar-refractivity contribution in [1.82, 2.24) is 0 Å². The molecule has 0 fully saturated rings. The standard InChI is InChI=1S/C13H25NO5S/c1-12(2)13(15)19-10-9-14(3,4)8-6-5-7-11-20(16,17)18/h1,5-11H2,2-4H3/p+1. The highest BCUT2D eigenvalue weighted by molar-refractivity contribution is 7.85. The van der Waals surface area contributed by atoms with Crippen molar-refractivity contribution in [1.29, 1.82) is 0 Å². The Balaban J connectivity index is 3.79. The Labute approximate surface area is 121 Å². The van der Waals surface area contributed by atoms with E-state index in [0.29, 0.717) is 29.6 Å². The lowest BCUT2D eigenvalue weighted by atomic mass is 10.2. The van der Waals surface area contributed by atoms with Gasteiger partial charge in [0.05, 0.1) is 26.4 Å². The molecule has 0 aromatic heterocycles. The van der Waals surface area contributed by atoms with Crippen LogP contribution in [-0.2, 0) is 19.6 Å². The molecule has 20 heavy (non-hydrogen) atoms. The van der Waals surface area contributed by atoms with Gasteiger partial charge in [-0.1, -0.05) is 6.58 Å². The van der Waals surface area contributed by atoms with E-state index in [4.69, 9.17) is 9.29 Å². The highest BCUT2D eigenvalue weighted by Gasteiger charge is 2.16. The molecule has 7 heteroatoms. The van der Waals surface area contributed by atoms with Gasteiger partial charge in [-0.2, -0.15) is 8.42 Å². The van der Waals surface area contributed by atoms with Crippen LogP contribution in [0.2, 0.25) is 0 Å². The number of nitrogens with zero attached hydrogens (tertiary/aromatic N) is 1. The number of unbranched alkanes of at least 4 members (excludes halogenated alkanes) is 2. The van der Waals surface area contributed by atoms with Gasteiger partial charge in [-0.3, -0.25) is 4.55 Å². The summed E-state index contributed by atoms with van der Waals surface area (Å²) in [5.41, 5.74) is 0.389. The van der Waals surface area contributed by atoms with E-state index in [9.17, 15) is 13.2 Å². The van der Waals surface area contributed by atoms with Gasteiger partial charge in [0.1, 0.15) is 13.2 Å². The molecule has 0 aromatic carbocycles. The van der Waals surface area contributed by atoms with E-state index in [1.807, 2.05) is 14.1 Å². The van der Waals surface area contributed by atoms with Gasteiger partial charge in [0.2, 0.25) is 0 Å². The second-order valence-corrected chi connectivity index (χ2v) is 7.22. The molecule has 0 saturated heterocycles. The first-order valence-corrected chi connectivity index (χ1v) is 8.24. The molecule has 0 aliphatic heterocycles. The van der Waals surface area contributed by atoms with E-state index in [2.05, 4.69) is 6.58 Å². The van der Waals surface area contributed by atoms with Crippen LogP contribution in [0.5, 0.6) is 0 Å². The fraction of sp³-hybridized carbons (Fsp3) is 0.769. The van der Waals surface area contributed by atoms with Crippen LogP contribution in [0.4, 0.5) is 0 Å². The molecule has 0 aromatic rings. The molecule has 0 aliphatic rings. The molecule has 0 amide bonds. The van der Waals surface area contributed by atoms with Crippen molar-refractivity contribution in [2.24, 2.45) is 0 Å². The minimum Gasteiger partial charge on any atom is -0.456 e. The monoisotopic (exact) mass is 308 g/mol. The lowest BCUT2D eigenvalue weighted by Crippen LogP contribution is -2.43. The molecule has 0 unspecified atom stereocenters. The van der Waals surface area contributed by atoms with Crippen LogP contribution in [0.25, 0.3) is 0 Å². The first-order valence-electron chi connectivity index (χ1n) is 6.63. The van der Waals surface area contributed by atoms with Crippen LogP contribution in [-0.4, -0.2) is 63.0 Å². The Morgan fingerprint density at radius 1 is 1.20 bits per heavy atom. The fourth-order valence-corrected chi connectivity index (χ4v) is 2.19. The van der Waals surface area contributed by atoms with Crippen molar-refractivity contribution in [3.05, 3.63) is 12.2 Å². The van der Waals surface area contributed by atoms with E-state index in [1.165, 1.54) is 0 Å². The van der Waals surface area contributed by atoms with E-state index < -0.39 is 10.1 Å². The number of carbonyl (C=O) groups excluding carboxylic acids is 1. The fourth-order valence-electron chi connectivity index (χ4n) is 1.62. The molecule has 0 heterocycles. The summed E-state index contributed by atoms with van der Waals surface area (Å²) in [6.45, 7) is 7.01. The number of hydrogen-bond donors (Lipinski definition) is 1. The third-order valence-electron chi connectivity index (χ3n) is 2.94. The summed E-state index contributed by atoms with van der Waals surface area (Å²) in [4.78, 5) is 11.2. The largest absolute Gasteiger partial charge is 0.456 e. The second kappa shape index (κ2) is 8.39. The van der Waals surface area contributed by atoms with Crippen molar-refractivity contribution < 1.29 is 27.0 Å². The van der Waals surface area contributed by atoms with Crippen molar-refractivity contribution in [2.75, 3.05) is 39.5 Å². The number of likely N-dealkylation sites (N-methyl/N-ethyl adjacent to an activating group) is 1. The summed E-state index contributed by atoms with van der Waals surface area (Å²) in [6, 6.07) is 0. The minimum atomic E-state index is -3.84. The van der Waals surface area contributed by atoms with Gasteiger partial charge in [-0.25, -0.2) is 4.79 Å². The van der Waals surface area contributed by atoms with Crippen molar-refractivity contribution in [3.8, 4) is 0 Å². The maximum absolute atomic E-state index is 11.2. The highest BCUT2D eigenvalue weighted by atomic mass is 32.2. The predicted molar refractivity (Wildman–Crippen MR) is 77.9 cm³/mol. The zero-order valence-corrected chi connectivity index (χ0v) is 13.4. The van der Waals surface area contributed by atoms with Gasteiger partial charge < -0.3 is 9.22 Å². The van der Waals surface area contributed by atoms with Crippen molar-refractivity contribution in [2.45, 2.75) is 26.2 Å². The number of rotatable bonds is 10. The summed E-state index contributed by atoms with van der Waals surface area (Å²) < 4.78 is 35.4. The first kappa shape index (κ1) is 19.1. The average molecular weight is 308 g/mol. The van der Waals surface area contributed by atoms with Gasteiger partial charge in [0, 0.05) is 5.57 Å². The molecule has 0 aliphatic carbocycles. The maximum Gasteiger partial charge on any atom is 0.333 e.